The number of hydrogen-bond acceptors (Lipinski definition) is 4. The predicted molar refractivity (Wildman–Crippen MR) is 115 cm³/mol. The Morgan fingerprint density at radius 2 is 1.66 bits per heavy atom. The zero-order chi connectivity index (χ0) is 21.4. The zero-order valence-electron chi connectivity index (χ0n) is 16.0. The van der Waals surface area contributed by atoms with E-state index in [1.807, 2.05) is 32.0 Å². The second-order valence-electron chi connectivity index (χ2n) is 6.33. The number of anilines is 1. The van der Waals surface area contributed by atoms with Crippen LogP contribution in [0.15, 0.2) is 40.9 Å². The lowest BCUT2D eigenvalue weighted by atomic mass is 10.1. The first-order valence-electron chi connectivity index (χ1n) is 8.77. The summed E-state index contributed by atoms with van der Waals surface area (Å²) in [5.41, 5.74) is 7.17. The lowest BCUT2D eigenvalue weighted by Crippen LogP contribution is -2.44. The second kappa shape index (κ2) is 10.8. The van der Waals surface area contributed by atoms with Gasteiger partial charge in [-0.25, -0.2) is 0 Å². The van der Waals surface area contributed by atoms with Crippen LogP contribution in [0.5, 0.6) is 5.75 Å². The lowest BCUT2D eigenvalue weighted by Gasteiger charge is -2.11. The van der Waals surface area contributed by atoms with Crippen molar-refractivity contribution in [2.75, 3.05) is 11.9 Å². The summed E-state index contributed by atoms with van der Waals surface area (Å²) < 4.78 is 5.95. The maximum Gasteiger partial charge on any atom is 0.276 e. The molecule has 154 valence electrons. The number of nitrogens with one attached hydrogen (secondary N) is 3. The summed E-state index contributed by atoms with van der Waals surface area (Å²) in [6.07, 6.45) is -0.0795. The van der Waals surface area contributed by atoms with Crippen molar-refractivity contribution in [3.05, 3.63) is 57.0 Å². The van der Waals surface area contributed by atoms with Crippen molar-refractivity contribution in [1.82, 2.24) is 10.9 Å². The van der Waals surface area contributed by atoms with Crippen LogP contribution < -0.4 is 20.9 Å². The van der Waals surface area contributed by atoms with Crippen molar-refractivity contribution >= 4 is 50.9 Å². The molecule has 0 unspecified atom stereocenters. The molecule has 29 heavy (non-hydrogen) atoms. The van der Waals surface area contributed by atoms with Gasteiger partial charge in [0, 0.05) is 23.6 Å². The van der Waals surface area contributed by atoms with E-state index in [1.165, 1.54) is 0 Å². The van der Waals surface area contributed by atoms with Crippen LogP contribution >= 0.6 is 27.5 Å². The Morgan fingerprint density at radius 1 is 0.966 bits per heavy atom. The van der Waals surface area contributed by atoms with Crippen LogP contribution in [0, 0.1) is 13.8 Å². The van der Waals surface area contributed by atoms with Gasteiger partial charge in [-0.15, -0.1) is 0 Å². The molecule has 0 aromatic heterocycles. The molecule has 0 aliphatic rings. The summed E-state index contributed by atoms with van der Waals surface area (Å²) in [5.74, 6) is -0.864. The standard InChI is InChI=1S/C20H21BrClN3O4/c1-12-3-4-13(2)16(9-12)23-18(26)7-8-19(27)24-25-20(28)11-29-17-6-5-14(22)10-15(17)21/h3-6,9-10H,7-8,11H2,1-2H3,(H,23,26)(H,24,27)(H,25,28). The highest BCUT2D eigenvalue weighted by atomic mass is 79.9. The van der Waals surface area contributed by atoms with Gasteiger partial charge in [-0.1, -0.05) is 23.7 Å². The van der Waals surface area contributed by atoms with Gasteiger partial charge in [-0.05, 0) is 65.2 Å². The van der Waals surface area contributed by atoms with Crippen LogP contribution in [0.1, 0.15) is 24.0 Å². The number of carbonyl (C=O) groups excluding carboxylic acids is 3. The van der Waals surface area contributed by atoms with Gasteiger partial charge in [0.2, 0.25) is 11.8 Å². The molecular formula is C20H21BrClN3O4. The third kappa shape index (κ3) is 7.75. The summed E-state index contributed by atoms with van der Waals surface area (Å²) in [7, 11) is 0. The molecule has 7 nitrogen and oxygen atoms in total. The molecule has 0 atom stereocenters. The highest BCUT2D eigenvalue weighted by molar-refractivity contribution is 9.10. The van der Waals surface area contributed by atoms with Crippen LogP contribution in [0.25, 0.3) is 0 Å². The van der Waals surface area contributed by atoms with E-state index in [4.69, 9.17) is 16.3 Å². The fraction of sp³-hybridized carbons (Fsp3) is 0.250. The largest absolute Gasteiger partial charge is 0.483 e. The number of ether oxygens (including phenoxy) is 1. The Bertz CT molecular complexity index is 921. The van der Waals surface area contributed by atoms with E-state index < -0.39 is 11.8 Å². The van der Waals surface area contributed by atoms with Gasteiger partial charge in [0.15, 0.2) is 6.61 Å². The molecule has 0 saturated carbocycles. The van der Waals surface area contributed by atoms with Crippen LogP contribution in [-0.4, -0.2) is 24.3 Å². The Morgan fingerprint density at radius 3 is 2.38 bits per heavy atom. The van der Waals surface area contributed by atoms with Crippen LogP contribution in [0.4, 0.5) is 5.69 Å². The Labute approximate surface area is 182 Å². The van der Waals surface area contributed by atoms with Crippen LogP contribution in [0.3, 0.4) is 0 Å². The highest BCUT2D eigenvalue weighted by Crippen LogP contribution is 2.27. The molecule has 0 fully saturated rings. The van der Waals surface area contributed by atoms with Crippen molar-refractivity contribution < 1.29 is 19.1 Å². The minimum atomic E-state index is -0.542. The van der Waals surface area contributed by atoms with Gasteiger partial charge in [0.05, 0.1) is 4.47 Å². The smallest absolute Gasteiger partial charge is 0.276 e. The van der Waals surface area contributed by atoms with Crippen LogP contribution in [0.2, 0.25) is 5.02 Å². The van der Waals surface area contributed by atoms with E-state index >= 15 is 0 Å². The number of benzene rings is 2. The number of hydrogen-bond donors (Lipinski definition) is 3. The van der Waals surface area contributed by atoms with E-state index in [0.29, 0.717) is 20.9 Å². The monoisotopic (exact) mass is 481 g/mol. The maximum absolute atomic E-state index is 12.0. The van der Waals surface area contributed by atoms with E-state index in [-0.39, 0.29) is 25.4 Å². The molecule has 0 spiro atoms. The maximum atomic E-state index is 12.0. The highest BCUT2D eigenvalue weighted by Gasteiger charge is 2.11. The van der Waals surface area contributed by atoms with Gasteiger partial charge in [0.1, 0.15) is 5.75 Å². The van der Waals surface area contributed by atoms with Gasteiger partial charge >= 0.3 is 0 Å². The molecule has 0 bridgehead atoms. The zero-order valence-corrected chi connectivity index (χ0v) is 18.3. The first-order chi connectivity index (χ1) is 13.7. The number of hydrazine groups is 1. The first kappa shape index (κ1) is 22.7. The van der Waals surface area contributed by atoms with Crippen LogP contribution in [-0.2, 0) is 14.4 Å². The first-order valence-corrected chi connectivity index (χ1v) is 9.94. The van der Waals surface area contributed by atoms with E-state index in [2.05, 4.69) is 32.1 Å². The molecule has 0 saturated heterocycles. The van der Waals surface area contributed by atoms with Crippen molar-refractivity contribution in [1.29, 1.82) is 0 Å². The minimum absolute atomic E-state index is 0.0106. The lowest BCUT2D eigenvalue weighted by molar-refractivity contribution is -0.130. The molecule has 3 amide bonds. The quantitative estimate of drug-likeness (QED) is 0.525. The average molecular weight is 483 g/mol. The normalized spacial score (nSPS) is 10.2. The number of aryl methyl sites for hydroxylation is 2. The Balaban J connectivity index is 1.69. The van der Waals surface area contributed by atoms with Gasteiger partial charge < -0.3 is 10.1 Å². The molecule has 2 aromatic carbocycles. The molecule has 0 heterocycles. The molecule has 0 aliphatic heterocycles. The number of halogens is 2. The SMILES string of the molecule is Cc1ccc(C)c(NC(=O)CCC(=O)NNC(=O)COc2ccc(Cl)cc2Br)c1. The predicted octanol–water partition coefficient (Wildman–Crippen LogP) is 3.66. The fourth-order valence-corrected chi connectivity index (χ4v) is 3.08. The summed E-state index contributed by atoms with van der Waals surface area (Å²) in [4.78, 5) is 35.6. The second-order valence-corrected chi connectivity index (χ2v) is 7.62. The van der Waals surface area contributed by atoms with Crippen molar-refractivity contribution in [2.24, 2.45) is 0 Å². The summed E-state index contributed by atoms with van der Waals surface area (Å²) in [6.45, 7) is 3.52. The Hall–Kier alpha value is -2.58. The van der Waals surface area contributed by atoms with Crippen molar-refractivity contribution in [3.8, 4) is 5.75 Å². The molecule has 2 rings (SSSR count). The number of rotatable bonds is 7. The van der Waals surface area contributed by atoms with Crippen molar-refractivity contribution in [3.63, 3.8) is 0 Å². The van der Waals surface area contributed by atoms with E-state index in [0.717, 1.165) is 11.1 Å². The molecular weight excluding hydrogens is 462 g/mol. The molecule has 3 N–H and O–H groups in total. The summed E-state index contributed by atoms with van der Waals surface area (Å²) in [5, 5.41) is 3.31. The van der Waals surface area contributed by atoms with E-state index in [9.17, 15) is 14.4 Å². The topological polar surface area (TPSA) is 96.5 Å². The minimum Gasteiger partial charge on any atom is -0.483 e. The third-order valence-corrected chi connectivity index (χ3v) is 4.70. The molecule has 2 aromatic rings. The Kier molecular flexibility index (Phi) is 8.48. The summed E-state index contributed by atoms with van der Waals surface area (Å²) >= 11 is 9.11. The van der Waals surface area contributed by atoms with Crippen molar-refractivity contribution in [2.45, 2.75) is 26.7 Å². The number of carbonyl (C=O) groups is 3. The summed E-state index contributed by atoms with van der Waals surface area (Å²) in [6, 6.07) is 10.6. The average Bonchev–Trinajstić information content (AvgIpc) is 2.67. The molecule has 0 aliphatic carbocycles. The van der Waals surface area contributed by atoms with Gasteiger partial charge in [-0.3, -0.25) is 25.2 Å². The molecule has 9 heteroatoms. The molecule has 0 radical (unpaired) electrons. The third-order valence-electron chi connectivity index (χ3n) is 3.84. The van der Waals surface area contributed by atoms with Gasteiger partial charge in [0.25, 0.3) is 5.91 Å². The fourth-order valence-electron chi connectivity index (χ4n) is 2.28. The van der Waals surface area contributed by atoms with Gasteiger partial charge in [-0.2, -0.15) is 0 Å². The van der Waals surface area contributed by atoms with E-state index in [1.54, 1.807) is 18.2 Å². The number of amides is 3.